The van der Waals surface area contributed by atoms with Crippen molar-refractivity contribution in [2.45, 2.75) is 6.54 Å². The van der Waals surface area contributed by atoms with Crippen molar-refractivity contribution in [3.63, 3.8) is 0 Å². The second kappa shape index (κ2) is 11.0. The van der Waals surface area contributed by atoms with E-state index in [9.17, 15) is 9.59 Å². The van der Waals surface area contributed by atoms with Crippen LogP contribution in [0.1, 0.15) is 11.3 Å². The number of nitrogens with zero attached hydrogens (tertiary/aromatic N) is 4. The number of amides is 1. The highest BCUT2D eigenvalue weighted by Crippen LogP contribution is 2.23. The van der Waals surface area contributed by atoms with E-state index < -0.39 is 5.97 Å². The average molecular weight is 492 g/mol. The van der Waals surface area contributed by atoms with Gasteiger partial charge in [0.2, 0.25) is 0 Å². The number of hydrogen-bond donors (Lipinski definition) is 1. The standard InChI is InChI=1S/C28H21N5O4/c34-26(19-33-24-12-3-2-10-22(24)31-28(33)23-11-5-6-16-29-23)32-30-18-20-8-1-4-13-25(20)37-27(35)15-14-21-9-7-17-36-21/h1-18H,19H2,(H,32,34). The maximum Gasteiger partial charge on any atom is 0.336 e. The third kappa shape index (κ3) is 5.68. The predicted octanol–water partition coefficient (Wildman–Crippen LogP) is 4.46. The molecule has 0 saturated carbocycles. The number of aromatic nitrogens is 3. The Morgan fingerprint density at radius 2 is 1.84 bits per heavy atom. The Hall–Kier alpha value is -5.31. The smallest absolute Gasteiger partial charge is 0.336 e. The quantitative estimate of drug-likeness (QED) is 0.113. The van der Waals surface area contributed by atoms with E-state index in [4.69, 9.17) is 9.15 Å². The molecule has 182 valence electrons. The van der Waals surface area contributed by atoms with Gasteiger partial charge in [-0.05, 0) is 54.6 Å². The Labute approximate surface area is 211 Å². The fraction of sp³-hybridized carbons (Fsp3) is 0.0357. The van der Waals surface area contributed by atoms with Crippen molar-refractivity contribution in [1.29, 1.82) is 0 Å². The van der Waals surface area contributed by atoms with E-state index >= 15 is 0 Å². The van der Waals surface area contributed by atoms with E-state index in [0.29, 0.717) is 28.6 Å². The number of hydrogen-bond acceptors (Lipinski definition) is 7. The summed E-state index contributed by atoms with van der Waals surface area (Å²) in [6.07, 6.45) is 7.39. The fourth-order valence-corrected chi connectivity index (χ4v) is 3.64. The van der Waals surface area contributed by atoms with E-state index in [-0.39, 0.29) is 12.5 Å². The molecule has 0 aliphatic rings. The fourth-order valence-electron chi connectivity index (χ4n) is 3.64. The van der Waals surface area contributed by atoms with Gasteiger partial charge in [-0.25, -0.2) is 15.2 Å². The monoisotopic (exact) mass is 491 g/mol. The normalized spacial score (nSPS) is 11.4. The van der Waals surface area contributed by atoms with E-state index in [0.717, 1.165) is 11.0 Å². The highest BCUT2D eigenvalue weighted by molar-refractivity contribution is 5.91. The van der Waals surface area contributed by atoms with Crippen LogP contribution in [0.4, 0.5) is 0 Å². The van der Waals surface area contributed by atoms with E-state index in [1.165, 1.54) is 24.6 Å². The van der Waals surface area contributed by atoms with Gasteiger partial charge in [-0.15, -0.1) is 0 Å². The van der Waals surface area contributed by atoms with Crippen LogP contribution in [0.2, 0.25) is 0 Å². The summed E-state index contributed by atoms with van der Waals surface area (Å²) in [7, 11) is 0. The summed E-state index contributed by atoms with van der Waals surface area (Å²) in [5.41, 5.74) is 5.28. The van der Waals surface area contributed by atoms with E-state index in [1.54, 1.807) is 47.2 Å². The maximum absolute atomic E-state index is 12.8. The van der Waals surface area contributed by atoms with Crippen LogP contribution in [0.3, 0.4) is 0 Å². The number of hydrazone groups is 1. The van der Waals surface area contributed by atoms with Gasteiger partial charge in [-0.1, -0.05) is 30.3 Å². The number of imidazole rings is 1. The molecule has 37 heavy (non-hydrogen) atoms. The number of carbonyl (C=O) groups excluding carboxylic acids is 2. The van der Waals surface area contributed by atoms with E-state index in [2.05, 4.69) is 20.5 Å². The number of fused-ring (bicyclic) bond motifs is 1. The maximum atomic E-state index is 12.8. The zero-order valence-corrected chi connectivity index (χ0v) is 19.5. The van der Waals surface area contributed by atoms with Crippen LogP contribution in [-0.4, -0.2) is 32.6 Å². The molecule has 0 aliphatic carbocycles. The summed E-state index contributed by atoms with van der Waals surface area (Å²) >= 11 is 0. The van der Waals surface area contributed by atoms with Gasteiger partial charge in [-0.2, -0.15) is 5.10 Å². The highest BCUT2D eigenvalue weighted by atomic mass is 16.5. The highest BCUT2D eigenvalue weighted by Gasteiger charge is 2.15. The molecule has 0 bridgehead atoms. The SMILES string of the molecule is O=C(Cn1c(-c2ccccn2)nc2ccccc21)NN=Cc1ccccc1OC(=O)C=Cc1ccco1. The summed E-state index contributed by atoms with van der Waals surface area (Å²) < 4.78 is 12.4. The van der Waals surface area contributed by atoms with Crippen LogP contribution in [0.15, 0.2) is 107 Å². The Morgan fingerprint density at radius 3 is 2.68 bits per heavy atom. The second-order valence-electron chi connectivity index (χ2n) is 7.83. The second-order valence-corrected chi connectivity index (χ2v) is 7.83. The number of carbonyl (C=O) groups is 2. The van der Waals surface area contributed by atoms with Gasteiger partial charge in [0.05, 0.1) is 23.5 Å². The molecule has 0 fully saturated rings. The lowest BCUT2D eigenvalue weighted by atomic mass is 10.2. The summed E-state index contributed by atoms with van der Waals surface area (Å²) in [5, 5.41) is 4.06. The van der Waals surface area contributed by atoms with Crippen molar-refractivity contribution in [3.8, 4) is 17.3 Å². The molecule has 5 aromatic rings. The summed E-state index contributed by atoms with van der Waals surface area (Å²) in [6.45, 7) is -0.0159. The first-order valence-corrected chi connectivity index (χ1v) is 11.4. The first-order valence-electron chi connectivity index (χ1n) is 11.4. The lowest BCUT2D eigenvalue weighted by Crippen LogP contribution is -2.23. The number of para-hydroxylation sites is 3. The van der Waals surface area contributed by atoms with Crippen LogP contribution in [0.5, 0.6) is 5.75 Å². The molecular weight excluding hydrogens is 470 g/mol. The molecule has 0 saturated heterocycles. The average Bonchev–Trinajstić information content (AvgIpc) is 3.57. The minimum atomic E-state index is -0.574. The zero-order valence-electron chi connectivity index (χ0n) is 19.5. The Bertz CT molecular complexity index is 1590. The minimum Gasteiger partial charge on any atom is -0.465 e. The van der Waals surface area contributed by atoms with Crippen LogP contribution in [0.25, 0.3) is 28.6 Å². The summed E-state index contributed by atoms with van der Waals surface area (Å²) in [6, 6.07) is 23.4. The van der Waals surface area contributed by atoms with Gasteiger partial charge in [0.25, 0.3) is 5.91 Å². The summed E-state index contributed by atoms with van der Waals surface area (Å²) in [4.78, 5) is 34.0. The number of benzene rings is 2. The number of esters is 1. The Morgan fingerprint density at radius 1 is 1.00 bits per heavy atom. The molecule has 0 spiro atoms. The predicted molar refractivity (Wildman–Crippen MR) is 139 cm³/mol. The van der Waals surface area contributed by atoms with Crippen molar-refractivity contribution in [3.05, 3.63) is 109 Å². The molecule has 0 radical (unpaired) electrons. The molecule has 1 N–H and O–H groups in total. The number of furan rings is 1. The lowest BCUT2D eigenvalue weighted by Gasteiger charge is -2.08. The summed E-state index contributed by atoms with van der Waals surface area (Å²) in [5.74, 6) is 0.488. The Kier molecular flexibility index (Phi) is 6.94. The van der Waals surface area contributed by atoms with Crippen molar-refractivity contribution in [2.75, 3.05) is 0 Å². The largest absolute Gasteiger partial charge is 0.465 e. The van der Waals surface area contributed by atoms with Crippen LogP contribution < -0.4 is 10.2 Å². The molecule has 3 heterocycles. The van der Waals surface area contributed by atoms with Crippen molar-refractivity contribution < 1.29 is 18.7 Å². The van der Waals surface area contributed by atoms with Crippen LogP contribution in [0, 0.1) is 0 Å². The molecule has 1 amide bonds. The van der Waals surface area contributed by atoms with Crippen molar-refractivity contribution >= 4 is 35.2 Å². The first-order chi connectivity index (χ1) is 18.2. The van der Waals surface area contributed by atoms with Gasteiger partial charge < -0.3 is 13.7 Å². The minimum absolute atomic E-state index is 0.0159. The number of rotatable bonds is 8. The molecule has 0 aliphatic heterocycles. The molecule has 0 atom stereocenters. The molecular formula is C28H21N5O4. The third-order valence-electron chi connectivity index (χ3n) is 5.30. The van der Waals surface area contributed by atoms with Crippen molar-refractivity contribution in [1.82, 2.24) is 20.0 Å². The third-order valence-corrected chi connectivity index (χ3v) is 5.30. The molecule has 9 nitrogen and oxygen atoms in total. The van der Waals surface area contributed by atoms with Crippen LogP contribution in [-0.2, 0) is 16.1 Å². The van der Waals surface area contributed by atoms with Crippen LogP contribution >= 0.6 is 0 Å². The van der Waals surface area contributed by atoms with Crippen molar-refractivity contribution in [2.24, 2.45) is 5.10 Å². The lowest BCUT2D eigenvalue weighted by molar-refractivity contribution is -0.129. The van der Waals surface area contributed by atoms with Gasteiger partial charge in [-0.3, -0.25) is 9.78 Å². The van der Waals surface area contributed by atoms with Gasteiger partial charge in [0.1, 0.15) is 23.7 Å². The zero-order chi connectivity index (χ0) is 25.5. The Balaban J connectivity index is 1.28. The molecule has 5 rings (SSSR count). The molecule has 9 heteroatoms. The van der Waals surface area contributed by atoms with Gasteiger partial charge >= 0.3 is 5.97 Å². The molecule has 3 aromatic heterocycles. The van der Waals surface area contributed by atoms with Gasteiger partial charge in [0.15, 0.2) is 5.82 Å². The van der Waals surface area contributed by atoms with E-state index in [1.807, 2.05) is 42.5 Å². The van der Waals surface area contributed by atoms with Gasteiger partial charge in [0, 0.05) is 17.8 Å². The molecule has 0 unspecified atom stereocenters. The number of ether oxygens (including phenoxy) is 1. The number of pyridine rings is 1. The first kappa shape index (κ1) is 23.4. The molecule has 2 aromatic carbocycles. The topological polar surface area (TPSA) is 112 Å². The number of nitrogens with one attached hydrogen (secondary N) is 1.